The first kappa shape index (κ1) is 19.5. The van der Waals surface area contributed by atoms with Crippen LogP contribution < -0.4 is 0 Å². The number of aryl methyl sites for hydroxylation is 2. The van der Waals surface area contributed by atoms with Gasteiger partial charge in [-0.05, 0) is 48.2 Å². The van der Waals surface area contributed by atoms with Gasteiger partial charge in [-0.1, -0.05) is 48.5 Å². The second-order valence-corrected chi connectivity index (χ2v) is 7.03. The molecule has 1 aromatic heterocycles. The molecular weight excluding hydrogens is 350 g/mol. The number of benzene rings is 2. The Kier molecular flexibility index (Phi) is 5.99. The summed E-state index contributed by atoms with van der Waals surface area (Å²) in [7, 11) is 0. The molecule has 3 rings (SSSR count). The van der Waals surface area contributed by atoms with Gasteiger partial charge in [0.2, 0.25) is 0 Å². The minimum absolute atomic E-state index is 0.00939. The molecule has 142 valence electrons. The van der Waals surface area contributed by atoms with Crippen LogP contribution in [-0.4, -0.2) is 21.8 Å². The van der Waals surface area contributed by atoms with Crippen molar-refractivity contribution in [3.8, 4) is 0 Å². The fourth-order valence-corrected chi connectivity index (χ4v) is 3.45. The Labute approximate surface area is 164 Å². The van der Waals surface area contributed by atoms with Gasteiger partial charge in [-0.15, -0.1) is 0 Å². The summed E-state index contributed by atoms with van der Waals surface area (Å²) in [5.74, 6) is -0.888. The molecule has 0 fully saturated rings. The van der Waals surface area contributed by atoms with Gasteiger partial charge in [-0.2, -0.15) is 0 Å². The molecule has 2 aromatic carbocycles. The Balaban J connectivity index is 1.95. The maximum Gasteiger partial charge on any atom is 0.307 e. The Bertz CT molecular complexity index is 993. The van der Waals surface area contributed by atoms with Crippen molar-refractivity contribution in [2.75, 3.05) is 0 Å². The summed E-state index contributed by atoms with van der Waals surface area (Å²) >= 11 is 0. The quantitative estimate of drug-likeness (QED) is 0.608. The average molecular weight is 373 g/mol. The van der Waals surface area contributed by atoms with Crippen LogP contribution in [0.25, 0.3) is 0 Å². The predicted molar refractivity (Wildman–Crippen MR) is 109 cm³/mol. The smallest absolute Gasteiger partial charge is 0.307 e. The average Bonchev–Trinajstić information content (AvgIpc) is 2.67. The summed E-state index contributed by atoms with van der Waals surface area (Å²) in [5.41, 5.74) is 5.46. The van der Waals surface area contributed by atoms with Gasteiger partial charge in [-0.3, -0.25) is 14.6 Å². The third kappa shape index (κ3) is 4.71. The number of pyridine rings is 1. The van der Waals surface area contributed by atoms with Crippen molar-refractivity contribution < 1.29 is 14.7 Å². The highest BCUT2D eigenvalue weighted by Crippen LogP contribution is 2.32. The van der Waals surface area contributed by atoms with E-state index in [4.69, 9.17) is 5.11 Å². The monoisotopic (exact) mass is 373 g/mol. The number of aliphatic carboxylic acids is 1. The summed E-state index contributed by atoms with van der Waals surface area (Å²) in [6.45, 7) is 3.92. The van der Waals surface area contributed by atoms with Crippen LogP contribution in [0.1, 0.15) is 50.6 Å². The number of ketones is 1. The largest absolute Gasteiger partial charge is 0.481 e. The molecule has 28 heavy (non-hydrogen) atoms. The summed E-state index contributed by atoms with van der Waals surface area (Å²) in [5, 5.41) is 8.98. The molecule has 0 spiro atoms. The number of hydrogen-bond donors (Lipinski definition) is 1. The van der Waals surface area contributed by atoms with Crippen molar-refractivity contribution in [1.29, 1.82) is 0 Å². The molecule has 0 bridgehead atoms. The van der Waals surface area contributed by atoms with Gasteiger partial charge < -0.3 is 5.11 Å². The molecule has 0 aliphatic heterocycles. The standard InChI is InChI=1S/C24H23NO3/c1-16-5-3-4-6-21(16)22(15-23(26)20-11-12-25-17(2)13-20)19-9-7-18(8-10-19)14-24(27)28/h3-13,22H,14-15H2,1-2H3,(H,27,28). The van der Waals surface area contributed by atoms with E-state index in [1.807, 2.05) is 62.4 Å². The van der Waals surface area contributed by atoms with Crippen LogP contribution in [0, 0.1) is 13.8 Å². The summed E-state index contributed by atoms with van der Waals surface area (Å²) in [4.78, 5) is 28.1. The maximum absolute atomic E-state index is 13.0. The summed E-state index contributed by atoms with van der Waals surface area (Å²) < 4.78 is 0. The number of carboxylic acid groups (broad SMARTS) is 1. The first-order valence-corrected chi connectivity index (χ1v) is 9.26. The van der Waals surface area contributed by atoms with E-state index in [-0.39, 0.29) is 18.1 Å². The molecule has 1 unspecified atom stereocenters. The lowest BCUT2D eigenvalue weighted by atomic mass is 9.83. The van der Waals surface area contributed by atoms with E-state index in [0.717, 1.165) is 27.9 Å². The number of carbonyl (C=O) groups is 2. The lowest BCUT2D eigenvalue weighted by Gasteiger charge is -2.20. The van der Waals surface area contributed by atoms with Crippen molar-refractivity contribution >= 4 is 11.8 Å². The lowest BCUT2D eigenvalue weighted by Crippen LogP contribution is -2.11. The Morgan fingerprint density at radius 1 is 1.00 bits per heavy atom. The lowest BCUT2D eigenvalue weighted by molar-refractivity contribution is -0.136. The zero-order valence-corrected chi connectivity index (χ0v) is 16.1. The van der Waals surface area contributed by atoms with Gasteiger partial charge in [0, 0.05) is 29.8 Å². The highest BCUT2D eigenvalue weighted by molar-refractivity contribution is 5.96. The van der Waals surface area contributed by atoms with Crippen LogP contribution >= 0.6 is 0 Å². The molecule has 0 saturated carbocycles. The van der Waals surface area contributed by atoms with E-state index in [9.17, 15) is 9.59 Å². The van der Waals surface area contributed by atoms with Crippen molar-refractivity contribution in [1.82, 2.24) is 4.98 Å². The molecule has 0 saturated heterocycles. The van der Waals surface area contributed by atoms with Crippen molar-refractivity contribution in [3.05, 3.63) is 100 Å². The van der Waals surface area contributed by atoms with Crippen molar-refractivity contribution in [2.45, 2.75) is 32.6 Å². The fraction of sp³-hybridized carbons (Fsp3) is 0.208. The Hall–Kier alpha value is -3.27. The van der Waals surface area contributed by atoms with Crippen molar-refractivity contribution in [3.63, 3.8) is 0 Å². The summed E-state index contributed by atoms with van der Waals surface area (Å²) in [6.07, 6.45) is 1.99. The summed E-state index contributed by atoms with van der Waals surface area (Å²) in [6, 6.07) is 19.1. The van der Waals surface area contributed by atoms with Gasteiger partial charge in [-0.25, -0.2) is 0 Å². The highest BCUT2D eigenvalue weighted by atomic mass is 16.4. The number of rotatable bonds is 7. The molecule has 3 aromatic rings. The SMILES string of the molecule is Cc1cc(C(=O)CC(c2ccc(CC(=O)O)cc2)c2ccccc2C)ccn1. The van der Waals surface area contributed by atoms with Gasteiger partial charge in [0.1, 0.15) is 0 Å². The zero-order valence-electron chi connectivity index (χ0n) is 16.1. The van der Waals surface area contributed by atoms with Gasteiger partial charge in [0.25, 0.3) is 0 Å². The van der Waals surface area contributed by atoms with Crippen LogP contribution in [0.5, 0.6) is 0 Å². The van der Waals surface area contributed by atoms with Gasteiger partial charge in [0.15, 0.2) is 5.78 Å². The molecule has 1 N–H and O–H groups in total. The number of hydrogen-bond acceptors (Lipinski definition) is 3. The maximum atomic E-state index is 13.0. The van der Waals surface area contributed by atoms with Crippen molar-refractivity contribution in [2.24, 2.45) is 0 Å². The van der Waals surface area contributed by atoms with Crippen LogP contribution in [0.15, 0.2) is 66.9 Å². The van der Waals surface area contributed by atoms with Gasteiger partial charge in [0.05, 0.1) is 6.42 Å². The fourth-order valence-electron chi connectivity index (χ4n) is 3.45. The molecule has 1 heterocycles. The normalized spacial score (nSPS) is 11.8. The van der Waals surface area contributed by atoms with E-state index in [1.54, 1.807) is 12.3 Å². The highest BCUT2D eigenvalue weighted by Gasteiger charge is 2.21. The number of carboxylic acids is 1. The van der Waals surface area contributed by atoms with E-state index in [2.05, 4.69) is 11.1 Å². The van der Waals surface area contributed by atoms with Crippen LogP contribution in [0.2, 0.25) is 0 Å². The zero-order chi connectivity index (χ0) is 20.1. The van der Waals surface area contributed by atoms with Crippen LogP contribution in [0.4, 0.5) is 0 Å². The minimum Gasteiger partial charge on any atom is -0.481 e. The molecule has 4 heteroatoms. The molecule has 0 aliphatic rings. The number of nitrogens with zero attached hydrogens (tertiary/aromatic N) is 1. The third-order valence-electron chi connectivity index (χ3n) is 4.91. The number of carbonyl (C=O) groups excluding carboxylic acids is 1. The molecule has 0 radical (unpaired) electrons. The third-order valence-corrected chi connectivity index (χ3v) is 4.91. The van der Waals surface area contributed by atoms with E-state index < -0.39 is 5.97 Å². The second-order valence-electron chi connectivity index (χ2n) is 7.03. The van der Waals surface area contributed by atoms with E-state index in [0.29, 0.717) is 12.0 Å². The van der Waals surface area contributed by atoms with Crippen LogP contribution in [0.3, 0.4) is 0 Å². The molecule has 1 atom stereocenters. The molecule has 4 nitrogen and oxygen atoms in total. The molecule has 0 amide bonds. The number of Topliss-reactive ketones (excluding diaryl/α,β-unsaturated/α-hetero) is 1. The molecular formula is C24H23NO3. The number of aromatic nitrogens is 1. The van der Waals surface area contributed by atoms with Crippen LogP contribution in [-0.2, 0) is 11.2 Å². The first-order valence-electron chi connectivity index (χ1n) is 9.26. The Morgan fingerprint density at radius 2 is 1.71 bits per heavy atom. The van der Waals surface area contributed by atoms with E-state index in [1.165, 1.54) is 0 Å². The second kappa shape index (κ2) is 8.61. The topological polar surface area (TPSA) is 67.3 Å². The first-order chi connectivity index (χ1) is 13.4. The Morgan fingerprint density at radius 3 is 2.36 bits per heavy atom. The molecule has 0 aliphatic carbocycles. The van der Waals surface area contributed by atoms with E-state index >= 15 is 0 Å². The van der Waals surface area contributed by atoms with Gasteiger partial charge >= 0.3 is 5.97 Å². The minimum atomic E-state index is -0.855. The predicted octanol–water partition coefficient (Wildman–Crippen LogP) is 4.73.